The Balaban J connectivity index is 0.00000675. The fourth-order valence-electron chi connectivity index (χ4n) is 10.0. The number of aromatic nitrogens is 4. The van der Waals surface area contributed by atoms with Crippen molar-refractivity contribution in [3.05, 3.63) is 211 Å². The van der Waals surface area contributed by atoms with E-state index >= 15 is 0 Å². The van der Waals surface area contributed by atoms with Crippen molar-refractivity contribution in [3.63, 3.8) is 0 Å². The molecule has 0 aliphatic carbocycles. The molecule has 1 aliphatic rings. The van der Waals surface area contributed by atoms with Gasteiger partial charge in [-0.25, -0.2) is 4.98 Å². The van der Waals surface area contributed by atoms with E-state index in [2.05, 4.69) is 134 Å². The first-order valence-corrected chi connectivity index (χ1v) is 24.1. The van der Waals surface area contributed by atoms with E-state index in [9.17, 15) is 6.85 Å². The summed E-state index contributed by atoms with van der Waals surface area (Å²) in [6.45, 7) is 19.3. The number of imidazole rings is 1. The maximum Gasteiger partial charge on any atom is 0.268 e. The Kier molecular flexibility index (Phi) is 9.30. The van der Waals surface area contributed by atoms with Crippen LogP contribution >= 0.6 is 0 Å². The van der Waals surface area contributed by atoms with Gasteiger partial charge in [-0.05, 0) is 113 Å². The van der Waals surface area contributed by atoms with Crippen molar-refractivity contribution in [2.45, 2.75) is 78.6 Å². The molecule has 0 bridgehead atoms. The van der Waals surface area contributed by atoms with Crippen LogP contribution in [0.15, 0.2) is 176 Å². The zero-order valence-electron chi connectivity index (χ0n) is 49.6. The SMILES string of the molecule is [2H]c1c([2H])c([2H])c2c(c1[2H])-c1cccc(C(C)(C)C)c1-[n+]1[c-]n(-c3[c-]c(Oc4[c-]c5c(cc4)c4ccccc4n5-c4cc(C(C)(C)C)ccn4)ccc3)c3cc(-c4ccc(C(C)(C)C)cc4)cc(c31)-c1c([2H])c([2H])c([2H])c([2H])c1-2.[Pt]. The fourth-order valence-corrected chi connectivity index (χ4v) is 10.0. The Morgan fingerprint density at radius 3 is 1.89 bits per heavy atom. The van der Waals surface area contributed by atoms with Gasteiger partial charge in [0, 0.05) is 44.3 Å². The molecule has 0 N–H and O–H groups in total. The van der Waals surface area contributed by atoms with Crippen molar-refractivity contribution in [1.29, 1.82) is 0 Å². The molecule has 6 heteroatoms. The first-order valence-electron chi connectivity index (χ1n) is 28.1. The number of hydrogen-bond acceptors (Lipinski definition) is 2. The Morgan fingerprint density at radius 2 is 1.19 bits per heavy atom. The smallest absolute Gasteiger partial charge is 0.268 e. The van der Waals surface area contributed by atoms with E-state index < -0.39 is 41.7 Å². The summed E-state index contributed by atoms with van der Waals surface area (Å²) in [6.07, 6.45) is 5.57. The first-order chi connectivity index (χ1) is 37.4. The van der Waals surface area contributed by atoms with Crippen LogP contribution in [0.3, 0.4) is 0 Å². The molecule has 0 unspecified atom stereocenters. The van der Waals surface area contributed by atoms with E-state index in [0.717, 1.165) is 55.4 Å². The Hall–Kier alpha value is -7.33. The van der Waals surface area contributed by atoms with Gasteiger partial charge in [0.25, 0.3) is 6.33 Å². The fraction of sp³-hybridized carbons (Fsp3) is 0.182. The van der Waals surface area contributed by atoms with Crippen LogP contribution in [0.4, 0.5) is 0 Å². The zero-order valence-corrected chi connectivity index (χ0v) is 43.9. The Labute approximate surface area is 448 Å². The second-order valence-corrected chi connectivity index (χ2v) is 21.5. The minimum absolute atomic E-state index is 0. The van der Waals surface area contributed by atoms with Crippen LogP contribution in [0.2, 0.25) is 0 Å². The molecule has 0 atom stereocenters. The molecule has 0 saturated heterocycles. The summed E-state index contributed by atoms with van der Waals surface area (Å²) in [4.78, 5) is 4.86. The number of fused-ring (bicyclic) bond motifs is 10. The first kappa shape index (κ1) is 38.4. The van der Waals surface area contributed by atoms with E-state index in [0.29, 0.717) is 45.0 Å². The number of pyridine rings is 1. The van der Waals surface area contributed by atoms with E-state index in [1.807, 2.05) is 88.1 Å². The van der Waals surface area contributed by atoms with Gasteiger partial charge < -0.3 is 13.9 Å². The predicted molar refractivity (Wildman–Crippen MR) is 291 cm³/mol. The molecule has 0 saturated carbocycles. The van der Waals surface area contributed by atoms with Gasteiger partial charge in [-0.2, -0.15) is 18.2 Å². The quantitative estimate of drug-likeness (QED) is 0.127. The Bertz CT molecular complexity index is 4390. The van der Waals surface area contributed by atoms with E-state index in [-0.39, 0.29) is 66.2 Å². The third-order valence-electron chi connectivity index (χ3n) is 13.7. The molecule has 0 radical (unpaired) electrons. The van der Waals surface area contributed by atoms with Crippen LogP contribution in [0.5, 0.6) is 11.5 Å². The van der Waals surface area contributed by atoms with Gasteiger partial charge >= 0.3 is 0 Å². The minimum atomic E-state index is -0.555. The topological polar surface area (TPSA) is 35.9 Å². The van der Waals surface area contributed by atoms with Crippen LogP contribution in [0.1, 0.15) is 90.0 Å². The van der Waals surface area contributed by atoms with Crippen LogP contribution in [0.25, 0.3) is 94.5 Å². The second-order valence-electron chi connectivity index (χ2n) is 21.5. The van der Waals surface area contributed by atoms with Crippen molar-refractivity contribution >= 4 is 32.8 Å². The molecular formula is C66H56N4OPt-2. The molecular weight excluding hydrogens is 1060 g/mol. The second kappa shape index (κ2) is 17.5. The molecule has 1 aliphatic heterocycles. The average Bonchev–Trinajstić information content (AvgIpc) is 3.98. The summed E-state index contributed by atoms with van der Waals surface area (Å²) in [5, 5.41) is 2.05. The maximum atomic E-state index is 9.84. The van der Waals surface area contributed by atoms with Gasteiger partial charge in [0.05, 0.1) is 27.7 Å². The third kappa shape index (κ3) is 7.99. The largest absolute Gasteiger partial charge is 0.510 e. The predicted octanol–water partition coefficient (Wildman–Crippen LogP) is 16.5. The molecule has 358 valence electrons. The zero-order chi connectivity index (χ0) is 55.9. The molecule has 3 aromatic heterocycles. The third-order valence-corrected chi connectivity index (χ3v) is 13.7. The van der Waals surface area contributed by atoms with Crippen molar-refractivity contribution in [2.75, 3.05) is 0 Å². The van der Waals surface area contributed by atoms with E-state index in [1.165, 1.54) is 0 Å². The summed E-state index contributed by atoms with van der Waals surface area (Å²) in [5.41, 5.74) is 8.90. The van der Waals surface area contributed by atoms with Crippen LogP contribution in [-0.4, -0.2) is 14.1 Å². The summed E-state index contributed by atoms with van der Waals surface area (Å²) < 4.78 is 87.9. The number of para-hydroxylation sites is 2. The van der Waals surface area contributed by atoms with E-state index in [4.69, 9.17) is 13.8 Å². The molecule has 11 aromatic rings. The van der Waals surface area contributed by atoms with Gasteiger partial charge in [0.2, 0.25) is 0 Å². The van der Waals surface area contributed by atoms with Gasteiger partial charge in [-0.3, -0.25) is 4.57 Å². The van der Waals surface area contributed by atoms with Crippen LogP contribution in [0, 0.1) is 18.5 Å². The molecule has 8 aromatic carbocycles. The number of benzene rings is 8. The summed E-state index contributed by atoms with van der Waals surface area (Å²) in [6, 6.07) is 43.6. The normalized spacial score (nSPS) is 14.0. The van der Waals surface area contributed by atoms with Crippen molar-refractivity contribution in [2.24, 2.45) is 0 Å². The monoisotopic (exact) mass is 1120 g/mol. The Morgan fingerprint density at radius 1 is 0.542 bits per heavy atom. The molecule has 4 heterocycles. The van der Waals surface area contributed by atoms with Gasteiger partial charge in [-0.1, -0.05) is 183 Å². The molecule has 12 rings (SSSR count). The number of nitrogens with zero attached hydrogens (tertiary/aromatic N) is 4. The molecule has 0 amide bonds. The van der Waals surface area contributed by atoms with Crippen LogP contribution < -0.4 is 9.30 Å². The summed E-state index contributed by atoms with van der Waals surface area (Å²) in [7, 11) is 0. The molecule has 5 nitrogen and oxygen atoms in total. The van der Waals surface area contributed by atoms with Gasteiger partial charge in [-0.15, -0.1) is 29.7 Å². The number of ether oxygens (including phenoxy) is 1. The molecule has 0 spiro atoms. The molecule has 72 heavy (non-hydrogen) atoms. The number of rotatable bonds is 5. The van der Waals surface area contributed by atoms with Crippen molar-refractivity contribution < 1.29 is 41.3 Å². The standard InChI is InChI=1S/C66H56N4O.Pt/c1-64(2,3)44-30-28-42(29-31-44)43-36-56-52-23-13-11-21-50(52)49-20-10-12-22-51(49)55-25-17-26-57(66(7,8)9)62(55)69-41-68(60(37-43)63(56)69)46-18-16-19-47(39-46)71-48-32-33-54-53-24-14-15-27-58(53)70(59(54)40-48)61-38-45(34-35-67-61)65(4,5)6;/h10-38H,1-9H3;/q-2;/i10D,11D,12D,13D,20D,21D,22D,23D;. The van der Waals surface area contributed by atoms with Crippen molar-refractivity contribution in [3.8, 4) is 73.2 Å². The summed E-state index contributed by atoms with van der Waals surface area (Å²) in [5.74, 6) is 1.61. The maximum absolute atomic E-state index is 9.84. The summed E-state index contributed by atoms with van der Waals surface area (Å²) >= 11 is 0. The number of hydrogen-bond donors (Lipinski definition) is 0. The van der Waals surface area contributed by atoms with Crippen LogP contribution in [-0.2, 0) is 37.3 Å². The van der Waals surface area contributed by atoms with E-state index in [1.54, 1.807) is 0 Å². The molecule has 0 fully saturated rings. The van der Waals surface area contributed by atoms with Gasteiger partial charge in [0.1, 0.15) is 5.82 Å². The minimum Gasteiger partial charge on any atom is -0.510 e. The average molecular weight is 1120 g/mol. The van der Waals surface area contributed by atoms with Crippen molar-refractivity contribution in [1.82, 2.24) is 14.1 Å². The van der Waals surface area contributed by atoms with Gasteiger partial charge in [0.15, 0.2) is 0 Å².